The molecule has 0 heterocycles. The second-order valence-electron chi connectivity index (χ2n) is 4.56. The Morgan fingerprint density at radius 1 is 0.947 bits per heavy atom. The van der Waals surface area contributed by atoms with E-state index in [1.165, 1.54) is 12.1 Å². The van der Waals surface area contributed by atoms with Crippen LogP contribution in [0.1, 0.15) is 22.3 Å². The van der Waals surface area contributed by atoms with E-state index in [2.05, 4.69) is 0 Å². The average molecular weight is 265 g/mol. The zero-order valence-corrected chi connectivity index (χ0v) is 10.5. The third-order valence-corrected chi connectivity index (χ3v) is 3.02. The summed E-state index contributed by atoms with van der Waals surface area (Å²) in [5.74, 6) is 0. The molecule has 2 aromatic rings. The molecular weight excluding hydrogens is 251 g/mol. The minimum Gasteiger partial charge on any atom is -0.399 e. The van der Waals surface area contributed by atoms with Crippen LogP contribution in [0.3, 0.4) is 0 Å². The van der Waals surface area contributed by atoms with E-state index in [4.69, 9.17) is 5.73 Å². The highest BCUT2D eigenvalue weighted by atomic mass is 19.4. The smallest absolute Gasteiger partial charge is 0.399 e. The number of nitrogens with two attached hydrogens (primary N) is 1. The number of hydrogen-bond donors (Lipinski definition) is 1. The van der Waals surface area contributed by atoms with Gasteiger partial charge in [0.05, 0.1) is 5.56 Å². The summed E-state index contributed by atoms with van der Waals surface area (Å²) in [6.45, 7) is 1.91. The summed E-state index contributed by atoms with van der Waals surface area (Å²) in [7, 11) is 0. The van der Waals surface area contributed by atoms with Crippen molar-refractivity contribution in [2.75, 3.05) is 5.73 Å². The van der Waals surface area contributed by atoms with Crippen molar-refractivity contribution in [2.45, 2.75) is 19.5 Å². The molecule has 0 spiro atoms. The maximum Gasteiger partial charge on any atom is 0.416 e. The van der Waals surface area contributed by atoms with E-state index in [1.54, 1.807) is 0 Å². The van der Waals surface area contributed by atoms with Gasteiger partial charge >= 0.3 is 6.18 Å². The van der Waals surface area contributed by atoms with Gasteiger partial charge in [-0.15, -0.1) is 0 Å². The van der Waals surface area contributed by atoms with Crippen LogP contribution in [-0.2, 0) is 12.6 Å². The number of nitrogen functional groups attached to an aromatic ring is 1. The van der Waals surface area contributed by atoms with Crippen LogP contribution in [-0.4, -0.2) is 0 Å². The normalized spacial score (nSPS) is 11.6. The molecule has 0 saturated heterocycles. The van der Waals surface area contributed by atoms with E-state index in [1.807, 2.05) is 25.1 Å². The fourth-order valence-corrected chi connectivity index (χ4v) is 1.90. The van der Waals surface area contributed by atoms with E-state index in [9.17, 15) is 13.2 Å². The van der Waals surface area contributed by atoms with Gasteiger partial charge in [0.15, 0.2) is 0 Å². The highest BCUT2D eigenvalue weighted by Crippen LogP contribution is 2.29. The monoisotopic (exact) mass is 265 g/mol. The SMILES string of the molecule is Cc1cc(Cc2ccc(C(F)(F)F)cc2)ccc1N. The van der Waals surface area contributed by atoms with Gasteiger partial charge in [0.2, 0.25) is 0 Å². The lowest BCUT2D eigenvalue weighted by molar-refractivity contribution is -0.137. The Morgan fingerprint density at radius 3 is 2.05 bits per heavy atom. The summed E-state index contributed by atoms with van der Waals surface area (Å²) in [5, 5.41) is 0. The number of rotatable bonds is 2. The Kier molecular flexibility index (Phi) is 3.51. The zero-order chi connectivity index (χ0) is 14.0. The molecule has 0 atom stereocenters. The third kappa shape index (κ3) is 3.28. The predicted molar refractivity (Wildman–Crippen MR) is 69.8 cm³/mol. The highest BCUT2D eigenvalue weighted by molar-refractivity contribution is 5.48. The number of anilines is 1. The maximum absolute atomic E-state index is 12.4. The Bertz CT molecular complexity index is 571. The Morgan fingerprint density at radius 2 is 1.53 bits per heavy atom. The van der Waals surface area contributed by atoms with Gasteiger partial charge in [-0.3, -0.25) is 0 Å². The molecule has 19 heavy (non-hydrogen) atoms. The van der Waals surface area contributed by atoms with Gasteiger partial charge in [-0.2, -0.15) is 13.2 Å². The van der Waals surface area contributed by atoms with Gasteiger partial charge in [-0.25, -0.2) is 0 Å². The van der Waals surface area contributed by atoms with Crippen LogP contribution in [0, 0.1) is 6.92 Å². The summed E-state index contributed by atoms with van der Waals surface area (Å²) in [6, 6.07) is 10.9. The highest BCUT2D eigenvalue weighted by Gasteiger charge is 2.29. The van der Waals surface area contributed by atoms with Crippen molar-refractivity contribution in [2.24, 2.45) is 0 Å². The van der Waals surface area contributed by atoms with E-state index in [0.29, 0.717) is 6.42 Å². The zero-order valence-electron chi connectivity index (χ0n) is 10.5. The largest absolute Gasteiger partial charge is 0.416 e. The third-order valence-electron chi connectivity index (χ3n) is 3.02. The molecule has 0 amide bonds. The van der Waals surface area contributed by atoms with Crippen LogP contribution in [0.15, 0.2) is 42.5 Å². The van der Waals surface area contributed by atoms with Crippen molar-refractivity contribution < 1.29 is 13.2 Å². The second-order valence-corrected chi connectivity index (χ2v) is 4.56. The molecule has 0 unspecified atom stereocenters. The number of alkyl halides is 3. The van der Waals surface area contributed by atoms with Gasteiger partial charge in [-0.1, -0.05) is 24.3 Å². The van der Waals surface area contributed by atoms with Crippen molar-refractivity contribution in [1.82, 2.24) is 0 Å². The first-order valence-electron chi connectivity index (χ1n) is 5.87. The molecule has 0 bridgehead atoms. The standard InChI is InChI=1S/C15H14F3N/c1-10-8-12(4-7-14(10)19)9-11-2-5-13(6-3-11)15(16,17)18/h2-8H,9,19H2,1H3. The molecule has 0 aliphatic carbocycles. The molecule has 100 valence electrons. The predicted octanol–water partition coefficient (Wildman–Crippen LogP) is 4.19. The second kappa shape index (κ2) is 4.96. The van der Waals surface area contributed by atoms with Crippen molar-refractivity contribution in [3.63, 3.8) is 0 Å². The number of aryl methyl sites for hydroxylation is 1. The van der Waals surface area contributed by atoms with Crippen LogP contribution in [0.5, 0.6) is 0 Å². The van der Waals surface area contributed by atoms with Crippen LogP contribution < -0.4 is 5.73 Å². The molecule has 0 aromatic heterocycles. The van der Waals surface area contributed by atoms with Crippen LogP contribution in [0.4, 0.5) is 18.9 Å². The van der Waals surface area contributed by atoms with Crippen molar-refractivity contribution >= 4 is 5.69 Å². The molecule has 4 heteroatoms. The molecule has 0 fully saturated rings. The molecule has 0 saturated carbocycles. The summed E-state index contributed by atoms with van der Waals surface area (Å²) < 4.78 is 37.3. The Hall–Kier alpha value is -1.97. The summed E-state index contributed by atoms with van der Waals surface area (Å²) in [5.41, 5.74) is 8.68. The van der Waals surface area contributed by atoms with Crippen molar-refractivity contribution in [3.05, 3.63) is 64.7 Å². The molecule has 0 aliphatic heterocycles. The van der Waals surface area contributed by atoms with Crippen molar-refractivity contribution in [1.29, 1.82) is 0 Å². The van der Waals surface area contributed by atoms with Crippen LogP contribution >= 0.6 is 0 Å². The van der Waals surface area contributed by atoms with Gasteiger partial charge < -0.3 is 5.73 Å². The van der Waals surface area contributed by atoms with E-state index in [-0.39, 0.29) is 0 Å². The lowest BCUT2D eigenvalue weighted by atomic mass is 10.0. The van der Waals surface area contributed by atoms with Gasteiger partial charge in [0.1, 0.15) is 0 Å². The van der Waals surface area contributed by atoms with Gasteiger partial charge in [0, 0.05) is 5.69 Å². The lowest BCUT2D eigenvalue weighted by Crippen LogP contribution is -2.04. The first-order valence-corrected chi connectivity index (χ1v) is 5.87. The fraction of sp³-hybridized carbons (Fsp3) is 0.200. The first kappa shape index (κ1) is 13.5. The molecule has 2 N–H and O–H groups in total. The minimum atomic E-state index is -4.28. The van der Waals surface area contributed by atoms with Crippen molar-refractivity contribution in [3.8, 4) is 0 Å². The van der Waals surface area contributed by atoms with E-state index in [0.717, 1.165) is 34.5 Å². The molecule has 0 aliphatic rings. The molecule has 0 radical (unpaired) electrons. The van der Waals surface area contributed by atoms with Gasteiger partial charge in [-0.05, 0) is 48.2 Å². The topological polar surface area (TPSA) is 26.0 Å². The Labute approximate surface area is 109 Å². The van der Waals surface area contributed by atoms with E-state index < -0.39 is 11.7 Å². The quantitative estimate of drug-likeness (QED) is 0.810. The van der Waals surface area contributed by atoms with Gasteiger partial charge in [0.25, 0.3) is 0 Å². The molecule has 2 aromatic carbocycles. The molecule has 1 nitrogen and oxygen atoms in total. The summed E-state index contributed by atoms with van der Waals surface area (Å²) >= 11 is 0. The molecular formula is C15H14F3N. The minimum absolute atomic E-state index is 0.596. The van der Waals surface area contributed by atoms with Crippen LogP contribution in [0.2, 0.25) is 0 Å². The number of halogens is 3. The van der Waals surface area contributed by atoms with E-state index >= 15 is 0 Å². The number of hydrogen-bond acceptors (Lipinski definition) is 1. The van der Waals surface area contributed by atoms with Crippen LogP contribution in [0.25, 0.3) is 0 Å². The fourth-order valence-electron chi connectivity index (χ4n) is 1.90. The number of benzene rings is 2. The summed E-state index contributed by atoms with van der Waals surface area (Å²) in [6.07, 6.45) is -3.68. The average Bonchev–Trinajstić information content (AvgIpc) is 2.33. The first-order chi connectivity index (χ1) is 8.86. The lowest BCUT2D eigenvalue weighted by Gasteiger charge is -2.08. The maximum atomic E-state index is 12.4. The molecule has 2 rings (SSSR count). The summed E-state index contributed by atoms with van der Waals surface area (Å²) in [4.78, 5) is 0. The Balaban J connectivity index is 2.17.